The number of rotatable bonds is 4. The molecule has 0 radical (unpaired) electrons. The standard InChI is InChI=1S/C17H17ClF2N2O2S/c18-14-3-1-13(2-4-14)12-21-7-9-22(10-8-21)25(23,24)17-11-15(19)5-6-16(17)20/h1-6,11H,7-10,12H2. The van der Waals surface area contributed by atoms with Gasteiger partial charge in [-0.25, -0.2) is 17.2 Å². The average Bonchev–Trinajstić information content (AvgIpc) is 2.59. The summed E-state index contributed by atoms with van der Waals surface area (Å²) in [6.45, 7) is 2.16. The molecule has 1 fully saturated rings. The molecule has 1 heterocycles. The van der Waals surface area contributed by atoms with Crippen molar-refractivity contribution in [2.24, 2.45) is 0 Å². The molecule has 1 aliphatic rings. The van der Waals surface area contributed by atoms with Crippen LogP contribution < -0.4 is 0 Å². The summed E-state index contributed by atoms with van der Waals surface area (Å²) in [4.78, 5) is 1.50. The van der Waals surface area contributed by atoms with E-state index >= 15 is 0 Å². The molecule has 0 spiro atoms. The van der Waals surface area contributed by atoms with Gasteiger partial charge in [0.1, 0.15) is 16.5 Å². The predicted molar refractivity (Wildman–Crippen MR) is 91.8 cm³/mol. The van der Waals surface area contributed by atoms with Gasteiger partial charge in [0.25, 0.3) is 0 Å². The van der Waals surface area contributed by atoms with E-state index in [2.05, 4.69) is 4.90 Å². The zero-order chi connectivity index (χ0) is 18.0. The summed E-state index contributed by atoms with van der Waals surface area (Å²) in [5.74, 6) is -1.72. The topological polar surface area (TPSA) is 40.6 Å². The zero-order valence-electron chi connectivity index (χ0n) is 13.3. The lowest BCUT2D eigenvalue weighted by Crippen LogP contribution is -2.48. The molecule has 0 unspecified atom stereocenters. The molecular formula is C17H17ClF2N2O2S. The maximum atomic E-state index is 13.8. The van der Waals surface area contributed by atoms with Crippen molar-refractivity contribution in [1.82, 2.24) is 9.21 Å². The Morgan fingerprint density at radius 3 is 2.24 bits per heavy atom. The second kappa shape index (κ2) is 7.37. The van der Waals surface area contributed by atoms with Gasteiger partial charge in [0, 0.05) is 37.7 Å². The molecule has 25 heavy (non-hydrogen) atoms. The van der Waals surface area contributed by atoms with Crippen molar-refractivity contribution >= 4 is 21.6 Å². The van der Waals surface area contributed by atoms with Gasteiger partial charge in [-0.1, -0.05) is 23.7 Å². The SMILES string of the molecule is O=S(=O)(c1cc(F)ccc1F)N1CCN(Cc2ccc(Cl)cc2)CC1. The van der Waals surface area contributed by atoms with Gasteiger partial charge >= 0.3 is 0 Å². The lowest BCUT2D eigenvalue weighted by Gasteiger charge is -2.34. The van der Waals surface area contributed by atoms with E-state index in [0.29, 0.717) is 24.7 Å². The number of sulfonamides is 1. The summed E-state index contributed by atoms with van der Waals surface area (Å²) in [5, 5.41) is 0.664. The highest BCUT2D eigenvalue weighted by Crippen LogP contribution is 2.22. The van der Waals surface area contributed by atoms with Crippen LogP contribution >= 0.6 is 11.6 Å². The van der Waals surface area contributed by atoms with E-state index in [9.17, 15) is 17.2 Å². The summed E-state index contributed by atoms with van der Waals surface area (Å²) in [5.41, 5.74) is 1.08. The number of halogens is 3. The molecule has 8 heteroatoms. The third-order valence-corrected chi connectivity index (χ3v) is 6.33. The molecule has 1 aliphatic heterocycles. The van der Waals surface area contributed by atoms with E-state index in [-0.39, 0.29) is 13.1 Å². The Balaban J connectivity index is 1.67. The highest BCUT2D eigenvalue weighted by molar-refractivity contribution is 7.89. The summed E-state index contributed by atoms with van der Waals surface area (Å²) < 4.78 is 53.4. The summed E-state index contributed by atoms with van der Waals surface area (Å²) in [6.07, 6.45) is 0. The van der Waals surface area contributed by atoms with E-state index in [1.165, 1.54) is 4.31 Å². The van der Waals surface area contributed by atoms with Gasteiger partial charge in [0.05, 0.1) is 0 Å². The van der Waals surface area contributed by atoms with Crippen molar-refractivity contribution in [2.75, 3.05) is 26.2 Å². The van der Waals surface area contributed by atoms with Crippen LogP contribution in [0.1, 0.15) is 5.56 Å². The molecule has 2 aromatic rings. The minimum Gasteiger partial charge on any atom is -0.296 e. The van der Waals surface area contributed by atoms with Crippen molar-refractivity contribution in [3.8, 4) is 0 Å². The zero-order valence-corrected chi connectivity index (χ0v) is 14.9. The molecule has 4 nitrogen and oxygen atoms in total. The second-order valence-corrected chi connectivity index (χ2v) is 8.22. The van der Waals surface area contributed by atoms with E-state index in [4.69, 9.17) is 11.6 Å². The quantitative estimate of drug-likeness (QED) is 0.810. The van der Waals surface area contributed by atoms with Gasteiger partial charge < -0.3 is 0 Å². The second-order valence-electron chi connectivity index (χ2n) is 5.88. The van der Waals surface area contributed by atoms with E-state index in [1.807, 2.05) is 24.3 Å². The third-order valence-electron chi connectivity index (χ3n) is 4.16. The van der Waals surface area contributed by atoms with Gasteiger partial charge in [-0.15, -0.1) is 0 Å². The smallest absolute Gasteiger partial charge is 0.246 e. The van der Waals surface area contributed by atoms with Crippen LogP contribution in [0.5, 0.6) is 0 Å². The van der Waals surface area contributed by atoms with E-state index in [0.717, 1.165) is 23.8 Å². The monoisotopic (exact) mass is 386 g/mol. The fraction of sp³-hybridized carbons (Fsp3) is 0.294. The number of piperazine rings is 1. The Kier molecular flexibility index (Phi) is 5.38. The average molecular weight is 387 g/mol. The fourth-order valence-corrected chi connectivity index (χ4v) is 4.41. The Morgan fingerprint density at radius 2 is 1.60 bits per heavy atom. The van der Waals surface area contributed by atoms with Crippen molar-refractivity contribution in [3.63, 3.8) is 0 Å². The van der Waals surface area contributed by atoms with Crippen LogP contribution in [0.15, 0.2) is 47.4 Å². The molecule has 0 saturated carbocycles. The molecule has 0 amide bonds. The number of nitrogens with zero attached hydrogens (tertiary/aromatic N) is 2. The minimum atomic E-state index is -4.04. The summed E-state index contributed by atoms with van der Waals surface area (Å²) in [6, 6.07) is 9.93. The molecule has 2 aromatic carbocycles. The number of hydrogen-bond acceptors (Lipinski definition) is 3. The van der Waals surface area contributed by atoms with Crippen LogP contribution in [0, 0.1) is 11.6 Å². The highest BCUT2D eigenvalue weighted by Gasteiger charge is 2.30. The third kappa shape index (κ3) is 4.17. The van der Waals surface area contributed by atoms with Crippen LogP contribution in [-0.4, -0.2) is 43.8 Å². The Labute approximate surface area is 150 Å². The lowest BCUT2D eigenvalue weighted by atomic mass is 10.2. The van der Waals surface area contributed by atoms with Crippen LogP contribution in [-0.2, 0) is 16.6 Å². The molecule has 1 saturated heterocycles. The molecule has 3 rings (SSSR count). The molecular weight excluding hydrogens is 370 g/mol. The van der Waals surface area contributed by atoms with E-state index in [1.54, 1.807) is 0 Å². The van der Waals surface area contributed by atoms with Crippen LogP contribution in [0.4, 0.5) is 8.78 Å². The number of benzene rings is 2. The summed E-state index contributed by atoms with van der Waals surface area (Å²) in [7, 11) is -4.04. The Hall–Kier alpha value is -1.54. The van der Waals surface area contributed by atoms with Crippen molar-refractivity contribution in [3.05, 3.63) is 64.7 Å². The van der Waals surface area contributed by atoms with E-state index < -0.39 is 26.6 Å². The predicted octanol–water partition coefficient (Wildman–Crippen LogP) is 3.12. The maximum absolute atomic E-state index is 13.8. The normalized spacial score (nSPS) is 16.9. The van der Waals surface area contributed by atoms with Gasteiger partial charge in [-0.3, -0.25) is 4.90 Å². The Bertz CT molecular complexity index is 851. The van der Waals surface area contributed by atoms with Crippen molar-refractivity contribution in [2.45, 2.75) is 11.4 Å². The van der Waals surface area contributed by atoms with Crippen LogP contribution in [0.3, 0.4) is 0 Å². The van der Waals surface area contributed by atoms with Gasteiger partial charge in [0.2, 0.25) is 10.0 Å². The fourth-order valence-electron chi connectivity index (χ4n) is 2.79. The lowest BCUT2D eigenvalue weighted by molar-refractivity contribution is 0.181. The maximum Gasteiger partial charge on any atom is 0.246 e. The Morgan fingerprint density at radius 1 is 0.960 bits per heavy atom. The van der Waals surface area contributed by atoms with Crippen molar-refractivity contribution in [1.29, 1.82) is 0 Å². The molecule has 134 valence electrons. The van der Waals surface area contributed by atoms with Crippen LogP contribution in [0.25, 0.3) is 0 Å². The largest absolute Gasteiger partial charge is 0.296 e. The first-order valence-electron chi connectivity index (χ1n) is 7.78. The number of hydrogen-bond donors (Lipinski definition) is 0. The first-order valence-corrected chi connectivity index (χ1v) is 9.60. The van der Waals surface area contributed by atoms with Crippen molar-refractivity contribution < 1.29 is 17.2 Å². The molecule has 0 aliphatic carbocycles. The first kappa shape index (κ1) is 18.3. The van der Waals surface area contributed by atoms with Crippen LogP contribution in [0.2, 0.25) is 5.02 Å². The first-order chi connectivity index (χ1) is 11.9. The highest BCUT2D eigenvalue weighted by atomic mass is 35.5. The molecule has 0 bridgehead atoms. The van der Waals surface area contributed by atoms with Gasteiger partial charge in [-0.05, 0) is 35.9 Å². The molecule has 0 atom stereocenters. The minimum absolute atomic E-state index is 0.228. The van der Waals surface area contributed by atoms with Gasteiger partial charge in [-0.2, -0.15) is 4.31 Å². The summed E-state index contributed by atoms with van der Waals surface area (Å²) >= 11 is 5.86. The molecule has 0 aromatic heterocycles. The molecule has 0 N–H and O–H groups in total. The van der Waals surface area contributed by atoms with Gasteiger partial charge in [0.15, 0.2) is 0 Å².